The molecule has 4 nitrogen and oxygen atoms in total. The van der Waals surface area contributed by atoms with Crippen molar-refractivity contribution in [2.75, 3.05) is 25.5 Å². The van der Waals surface area contributed by atoms with E-state index >= 15 is 0 Å². The van der Waals surface area contributed by atoms with Gasteiger partial charge in [-0.2, -0.15) is 0 Å². The van der Waals surface area contributed by atoms with Gasteiger partial charge in [0, 0.05) is 11.7 Å². The first-order valence-electron chi connectivity index (χ1n) is 7.41. The zero-order valence-electron chi connectivity index (χ0n) is 12.0. The van der Waals surface area contributed by atoms with Crippen LogP contribution in [0.5, 0.6) is 0 Å². The van der Waals surface area contributed by atoms with Gasteiger partial charge in [0.25, 0.3) is 0 Å². The molecule has 1 fully saturated rings. The van der Waals surface area contributed by atoms with Gasteiger partial charge in [0.2, 0.25) is 0 Å². The van der Waals surface area contributed by atoms with E-state index in [1.165, 1.54) is 17.7 Å². The fourth-order valence-corrected chi connectivity index (χ4v) is 3.27. The number of piperidine rings is 1. The summed E-state index contributed by atoms with van der Waals surface area (Å²) in [5.74, 6) is 0.896. The molecule has 1 aromatic heterocycles. The number of aryl methyl sites for hydroxylation is 2. The topological polar surface area (TPSA) is 54.2 Å². The van der Waals surface area contributed by atoms with Gasteiger partial charge in [-0.1, -0.05) is 12.2 Å². The maximum absolute atomic E-state index is 5.88. The summed E-state index contributed by atoms with van der Waals surface area (Å²) < 4.78 is 0. The second-order valence-corrected chi connectivity index (χ2v) is 6.37. The molecule has 20 heavy (non-hydrogen) atoms. The highest BCUT2D eigenvalue weighted by Crippen LogP contribution is 2.26. The highest BCUT2D eigenvalue weighted by atomic mass is 32.1. The lowest BCUT2D eigenvalue weighted by molar-refractivity contribution is 0.263. The van der Waals surface area contributed by atoms with Crippen LogP contribution in [0.4, 0.5) is 5.82 Å². The van der Waals surface area contributed by atoms with Crippen LogP contribution in [0.25, 0.3) is 0 Å². The van der Waals surface area contributed by atoms with Crippen molar-refractivity contribution < 1.29 is 0 Å². The first-order chi connectivity index (χ1) is 9.63. The number of aromatic nitrogens is 1. The quantitative estimate of drug-likeness (QED) is 0.830. The zero-order chi connectivity index (χ0) is 14.1. The number of nitrogens with two attached hydrogens (primary N) is 1. The Hall–Kier alpha value is -1.20. The first kappa shape index (κ1) is 13.8. The summed E-state index contributed by atoms with van der Waals surface area (Å²) in [6, 6.07) is 2.63. The van der Waals surface area contributed by atoms with Gasteiger partial charge in [0.15, 0.2) is 0 Å². The van der Waals surface area contributed by atoms with Gasteiger partial charge in [0.1, 0.15) is 10.8 Å². The van der Waals surface area contributed by atoms with Crippen LogP contribution in [-0.4, -0.2) is 41.1 Å². The van der Waals surface area contributed by atoms with Gasteiger partial charge in [-0.25, -0.2) is 4.98 Å². The molecule has 108 valence electrons. The Bertz CT molecular complexity index is 521. The summed E-state index contributed by atoms with van der Waals surface area (Å²) in [4.78, 5) is 7.61. The third-order valence-electron chi connectivity index (χ3n) is 4.38. The van der Waals surface area contributed by atoms with Gasteiger partial charge < -0.3 is 16.0 Å². The number of hydrogen-bond donors (Lipinski definition) is 2. The largest absolute Gasteiger partial charge is 0.389 e. The smallest absolute Gasteiger partial charge is 0.136 e. The maximum Gasteiger partial charge on any atom is 0.136 e. The molecule has 0 spiro atoms. The van der Waals surface area contributed by atoms with E-state index in [-0.39, 0.29) is 0 Å². The number of thiocarbonyl (C=S) groups is 1. The summed E-state index contributed by atoms with van der Waals surface area (Å²) in [6.07, 6.45) is 5.66. The average Bonchev–Trinajstić information content (AvgIpc) is 2.87. The molecule has 1 aromatic rings. The van der Waals surface area contributed by atoms with Crippen molar-refractivity contribution in [2.45, 2.75) is 38.1 Å². The Balaban J connectivity index is 1.82. The fourth-order valence-electron chi connectivity index (χ4n) is 3.12. The van der Waals surface area contributed by atoms with Gasteiger partial charge in [-0.15, -0.1) is 0 Å². The van der Waals surface area contributed by atoms with Crippen molar-refractivity contribution in [1.82, 2.24) is 9.88 Å². The molecule has 2 heterocycles. The number of pyridine rings is 1. The number of hydrogen-bond acceptors (Lipinski definition) is 4. The predicted octanol–water partition coefficient (Wildman–Crippen LogP) is 1.71. The van der Waals surface area contributed by atoms with E-state index in [9.17, 15) is 0 Å². The number of nitrogens with one attached hydrogen (secondary N) is 1. The number of nitrogens with zero attached hydrogens (tertiary/aromatic N) is 2. The Kier molecular flexibility index (Phi) is 3.89. The van der Waals surface area contributed by atoms with E-state index in [1.807, 2.05) is 0 Å². The molecule has 1 aliphatic carbocycles. The minimum atomic E-state index is 0.447. The molecule has 3 rings (SSSR count). The summed E-state index contributed by atoms with van der Waals surface area (Å²) in [6.45, 7) is 2.26. The third kappa shape index (κ3) is 2.79. The van der Waals surface area contributed by atoms with Crippen molar-refractivity contribution in [2.24, 2.45) is 5.73 Å². The highest BCUT2D eigenvalue weighted by molar-refractivity contribution is 7.80. The molecule has 0 unspecified atom stereocenters. The average molecular weight is 290 g/mol. The monoisotopic (exact) mass is 290 g/mol. The maximum atomic E-state index is 5.88. The highest BCUT2D eigenvalue weighted by Gasteiger charge is 2.21. The van der Waals surface area contributed by atoms with Crippen LogP contribution >= 0.6 is 12.2 Å². The molecule has 2 aliphatic rings. The summed E-state index contributed by atoms with van der Waals surface area (Å²) in [5.41, 5.74) is 9.34. The molecular weight excluding hydrogens is 268 g/mol. The molecule has 0 saturated carbocycles. The summed E-state index contributed by atoms with van der Waals surface area (Å²) >= 11 is 5.20. The molecule has 0 amide bonds. The minimum Gasteiger partial charge on any atom is -0.389 e. The second kappa shape index (κ2) is 5.66. The van der Waals surface area contributed by atoms with Crippen molar-refractivity contribution in [3.05, 3.63) is 22.9 Å². The predicted molar refractivity (Wildman–Crippen MR) is 86.3 cm³/mol. The lowest BCUT2D eigenvalue weighted by Crippen LogP contribution is -2.37. The SMILES string of the molecule is CN1CCC(Nc2nc3c(cc2C(N)=S)CCC3)CC1. The van der Waals surface area contributed by atoms with Crippen LogP contribution in [0.3, 0.4) is 0 Å². The van der Waals surface area contributed by atoms with Crippen LogP contribution in [0, 0.1) is 0 Å². The fraction of sp³-hybridized carbons (Fsp3) is 0.600. The number of fused-ring (bicyclic) bond motifs is 1. The third-order valence-corrected chi connectivity index (χ3v) is 4.60. The van der Waals surface area contributed by atoms with E-state index in [0.717, 1.165) is 50.2 Å². The Morgan fingerprint density at radius 3 is 2.85 bits per heavy atom. The molecule has 1 aliphatic heterocycles. The number of anilines is 1. The molecule has 0 atom stereocenters. The van der Waals surface area contributed by atoms with Crippen LogP contribution in [-0.2, 0) is 12.8 Å². The normalized spacial score (nSPS) is 19.9. The van der Waals surface area contributed by atoms with Crippen molar-refractivity contribution in [1.29, 1.82) is 0 Å². The first-order valence-corrected chi connectivity index (χ1v) is 7.82. The van der Waals surface area contributed by atoms with Crippen LogP contribution in [0.15, 0.2) is 6.07 Å². The minimum absolute atomic E-state index is 0.447. The van der Waals surface area contributed by atoms with Crippen molar-refractivity contribution >= 4 is 23.0 Å². The van der Waals surface area contributed by atoms with Gasteiger partial charge >= 0.3 is 0 Å². The number of rotatable bonds is 3. The van der Waals surface area contributed by atoms with Gasteiger partial charge in [-0.05, 0) is 63.9 Å². The Morgan fingerprint density at radius 2 is 2.15 bits per heavy atom. The molecule has 0 radical (unpaired) electrons. The van der Waals surface area contributed by atoms with Gasteiger partial charge in [-0.3, -0.25) is 0 Å². The molecule has 0 bridgehead atoms. The molecular formula is C15H22N4S. The van der Waals surface area contributed by atoms with Crippen LogP contribution < -0.4 is 11.1 Å². The van der Waals surface area contributed by atoms with E-state index in [0.29, 0.717) is 11.0 Å². The molecule has 5 heteroatoms. The molecule has 3 N–H and O–H groups in total. The lowest BCUT2D eigenvalue weighted by atomic mass is 10.0. The van der Waals surface area contributed by atoms with Crippen molar-refractivity contribution in [3.63, 3.8) is 0 Å². The summed E-state index contributed by atoms with van der Waals surface area (Å²) in [5, 5.41) is 3.58. The van der Waals surface area contributed by atoms with Gasteiger partial charge in [0.05, 0.1) is 5.56 Å². The Labute approximate surface area is 125 Å². The van der Waals surface area contributed by atoms with Crippen molar-refractivity contribution in [3.8, 4) is 0 Å². The van der Waals surface area contributed by atoms with E-state index in [2.05, 4.69) is 23.3 Å². The lowest BCUT2D eigenvalue weighted by Gasteiger charge is -2.30. The zero-order valence-corrected chi connectivity index (χ0v) is 12.8. The standard InChI is InChI=1S/C15H22N4S/c1-19-7-5-11(6-8-19)17-15-12(14(16)20)9-10-3-2-4-13(10)18-15/h9,11H,2-8H2,1H3,(H2,16,20)(H,17,18). The molecule has 1 saturated heterocycles. The Morgan fingerprint density at radius 1 is 1.40 bits per heavy atom. The van der Waals surface area contributed by atoms with Crippen LogP contribution in [0.2, 0.25) is 0 Å². The summed E-state index contributed by atoms with van der Waals surface area (Å²) in [7, 11) is 2.17. The van der Waals surface area contributed by atoms with E-state index in [4.69, 9.17) is 22.9 Å². The number of likely N-dealkylation sites (tertiary alicyclic amines) is 1. The van der Waals surface area contributed by atoms with E-state index < -0.39 is 0 Å². The van der Waals surface area contributed by atoms with E-state index in [1.54, 1.807) is 0 Å². The second-order valence-electron chi connectivity index (χ2n) is 5.93. The molecule has 0 aromatic carbocycles. The van der Waals surface area contributed by atoms with Crippen LogP contribution in [0.1, 0.15) is 36.1 Å².